The summed E-state index contributed by atoms with van der Waals surface area (Å²) >= 11 is 1.47. The van der Waals surface area contributed by atoms with Crippen LogP contribution in [0, 0.1) is 5.92 Å². The monoisotopic (exact) mass is 318 g/mol. The van der Waals surface area contributed by atoms with Gasteiger partial charge >= 0.3 is 0 Å². The van der Waals surface area contributed by atoms with E-state index in [0.29, 0.717) is 18.2 Å². The second kappa shape index (κ2) is 7.40. The fraction of sp³-hybridized carbons (Fsp3) is 0.412. The number of thiazole rings is 1. The largest absolute Gasteiger partial charge is 0.494 e. The van der Waals surface area contributed by atoms with Crippen molar-refractivity contribution in [3.05, 3.63) is 35.3 Å². The molecule has 1 N–H and O–H groups in total. The molecule has 0 radical (unpaired) electrons. The molecule has 4 nitrogen and oxygen atoms in total. The van der Waals surface area contributed by atoms with E-state index in [2.05, 4.69) is 24.1 Å². The van der Waals surface area contributed by atoms with Gasteiger partial charge in [0.1, 0.15) is 16.5 Å². The van der Waals surface area contributed by atoms with Gasteiger partial charge in [-0.3, -0.25) is 4.79 Å². The standard InChI is InChI=1S/C17H22N2O2S/c1-5-21-14-8-6-13(7-9-14)17-19-15(10-22-17)16(20)18-12(4)11(2)3/h6-12H,5H2,1-4H3,(H,18,20). The third-order valence-corrected chi connectivity index (χ3v) is 4.40. The Labute approximate surface area is 135 Å². The first kappa shape index (κ1) is 16.5. The molecule has 2 aromatic rings. The summed E-state index contributed by atoms with van der Waals surface area (Å²) in [5.41, 5.74) is 1.46. The predicted molar refractivity (Wildman–Crippen MR) is 90.5 cm³/mol. The molecule has 0 bridgehead atoms. The Kier molecular flexibility index (Phi) is 5.55. The lowest BCUT2D eigenvalue weighted by Crippen LogP contribution is -2.36. The molecule has 1 heterocycles. The maximum Gasteiger partial charge on any atom is 0.270 e. The van der Waals surface area contributed by atoms with Gasteiger partial charge in [0, 0.05) is 17.0 Å². The zero-order valence-electron chi connectivity index (χ0n) is 13.4. The molecule has 0 fully saturated rings. The van der Waals surface area contributed by atoms with E-state index >= 15 is 0 Å². The number of benzene rings is 1. The van der Waals surface area contributed by atoms with Crippen LogP contribution in [-0.2, 0) is 0 Å². The van der Waals surface area contributed by atoms with Crippen molar-refractivity contribution in [2.24, 2.45) is 5.92 Å². The van der Waals surface area contributed by atoms with E-state index in [0.717, 1.165) is 16.3 Å². The highest BCUT2D eigenvalue weighted by atomic mass is 32.1. The second-order valence-electron chi connectivity index (χ2n) is 5.50. The molecule has 0 aliphatic heterocycles. The topological polar surface area (TPSA) is 51.2 Å². The quantitative estimate of drug-likeness (QED) is 0.876. The Morgan fingerprint density at radius 2 is 1.95 bits per heavy atom. The van der Waals surface area contributed by atoms with Gasteiger partial charge in [-0.25, -0.2) is 4.98 Å². The fourth-order valence-corrected chi connectivity index (χ4v) is 2.62. The Bertz CT molecular complexity index is 620. The van der Waals surface area contributed by atoms with Gasteiger partial charge in [0.25, 0.3) is 5.91 Å². The number of amides is 1. The Balaban J connectivity index is 2.09. The van der Waals surface area contributed by atoms with Gasteiger partial charge in [0.2, 0.25) is 0 Å². The van der Waals surface area contributed by atoms with Crippen molar-refractivity contribution in [1.82, 2.24) is 10.3 Å². The molecular formula is C17H22N2O2S. The van der Waals surface area contributed by atoms with Crippen LogP contribution in [0.25, 0.3) is 10.6 Å². The van der Waals surface area contributed by atoms with Crippen molar-refractivity contribution in [1.29, 1.82) is 0 Å². The van der Waals surface area contributed by atoms with Crippen molar-refractivity contribution in [3.63, 3.8) is 0 Å². The van der Waals surface area contributed by atoms with Crippen molar-refractivity contribution < 1.29 is 9.53 Å². The van der Waals surface area contributed by atoms with E-state index in [1.54, 1.807) is 5.38 Å². The normalized spacial score (nSPS) is 12.2. The molecule has 22 heavy (non-hydrogen) atoms. The SMILES string of the molecule is CCOc1ccc(-c2nc(C(=O)NC(C)C(C)C)cs2)cc1. The molecule has 0 aliphatic rings. The summed E-state index contributed by atoms with van der Waals surface area (Å²) in [5.74, 6) is 1.12. The molecule has 1 aromatic carbocycles. The minimum atomic E-state index is -0.116. The molecule has 0 saturated heterocycles. The molecule has 0 spiro atoms. The first-order valence-electron chi connectivity index (χ1n) is 7.51. The first-order chi connectivity index (χ1) is 10.5. The third-order valence-electron chi connectivity index (χ3n) is 3.51. The third kappa shape index (κ3) is 4.07. The molecular weight excluding hydrogens is 296 g/mol. The highest BCUT2D eigenvalue weighted by Gasteiger charge is 2.15. The first-order valence-corrected chi connectivity index (χ1v) is 8.38. The van der Waals surface area contributed by atoms with Crippen LogP contribution in [0.4, 0.5) is 0 Å². The summed E-state index contributed by atoms with van der Waals surface area (Å²) in [4.78, 5) is 16.6. The van der Waals surface area contributed by atoms with Crippen LogP contribution >= 0.6 is 11.3 Å². The van der Waals surface area contributed by atoms with Gasteiger partial charge in [0.05, 0.1) is 6.61 Å². The van der Waals surface area contributed by atoms with E-state index in [-0.39, 0.29) is 11.9 Å². The molecule has 0 aliphatic carbocycles. The summed E-state index contributed by atoms with van der Waals surface area (Å²) in [6, 6.07) is 7.88. The van der Waals surface area contributed by atoms with Gasteiger partial charge in [-0.1, -0.05) is 13.8 Å². The van der Waals surface area contributed by atoms with E-state index in [1.807, 2.05) is 38.1 Å². The van der Waals surface area contributed by atoms with Crippen LogP contribution in [0.15, 0.2) is 29.6 Å². The molecule has 1 unspecified atom stereocenters. The molecule has 1 amide bonds. The van der Waals surface area contributed by atoms with Gasteiger partial charge in [0.15, 0.2) is 0 Å². The maximum atomic E-state index is 12.2. The van der Waals surface area contributed by atoms with Crippen LogP contribution in [0.2, 0.25) is 0 Å². The summed E-state index contributed by atoms with van der Waals surface area (Å²) in [5, 5.41) is 5.61. The zero-order valence-corrected chi connectivity index (χ0v) is 14.2. The van der Waals surface area contributed by atoms with Crippen molar-refractivity contribution in [2.75, 3.05) is 6.61 Å². The lowest BCUT2D eigenvalue weighted by atomic mass is 10.1. The number of hydrogen-bond acceptors (Lipinski definition) is 4. The summed E-state index contributed by atoms with van der Waals surface area (Å²) in [6.07, 6.45) is 0. The minimum absolute atomic E-state index is 0.116. The fourth-order valence-electron chi connectivity index (χ4n) is 1.82. The van der Waals surface area contributed by atoms with Crippen LogP contribution in [0.1, 0.15) is 38.2 Å². The average molecular weight is 318 g/mol. The number of rotatable bonds is 6. The van der Waals surface area contributed by atoms with Crippen LogP contribution in [-0.4, -0.2) is 23.5 Å². The smallest absolute Gasteiger partial charge is 0.270 e. The Morgan fingerprint density at radius 1 is 1.27 bits per heavy atom. The number of hydrogen-bond donors (Lipinski definition) is 1. The molecule has 0 saturated carbocycles. The maximum absolute atomic E-state index is 12.2. The van der Waals surface area contributed by atoms with E-state index in [1.165, 1.54) is 11.3 Å². The summed E-state index contributed by atoms with van der Waals surface area (Å²) < 4.78 is 5.43. The second-order valence-corrected chi connectivity index (χ2v) is 6.36. The predicted octanol–water partition coefficient (Wildman–Crippen LogP) is 3.98. The zero-order chi connectivity index (χ0) is 16.1. The number of nitrogens with zero attached hydrogens (tertiary/aromatic N) is 1. The number of carbonyl (C=O) groups is 1. The molecule has 2 rings (SSSR count). The van der Waals surface area contributed by atoms with Crippen LogP contribution in [0.5, 0.6) is 5.75 Å². The Morgan fingerprint density at radius 3 is 2.55 bits per heavy atom. The van der Waals surface area contributed by atoms with Crippen molar-refractivity contribution >= 4 is 17.2 Å². The van der Waals surface area contributed by atoms with Crippen molar-refractivity contribution in [3.8, 4) is 16.3 Å². The van der Waals surface area contributed by atoms with E-state index in [4.69, 9.17) is 4.74 Å². The van der Waals surface area contributed by atoms with Gasteiger partial charge in [-0.05, 0) is 44.0 Å². The highest BCUT2D eigenvalue weighted by Crippen LogP contribution is 2.25. The van der Waals surface area contributed by atoms with Gasteiger partial charge in [-0.15, -0.1) is 11.3 Å². The number of nitrogens with one attached hydrogen (secondary N) is 1. The number of ether oxygens (including phenoxy) is 1. The van der Waals surface area contributed by atoms with E-state index in [9.17, 15) is 4.79 Å². The highest BCUT2D eigenvalue weighted by molar-refractivity contribution is 7.13. The Hall–Kier alpha value is -1.88. The molecule has 118 valence electrons. The van der Waals surface area contributed by atoms with Gasteiger partial charge in [-0.2, -0.15) is 0 Å². The molecule has 5 heteroatoms. The van der Waals surface area contributed by atoms with Crippen molar-refractivity contribution in [2.45, 2.75) is 33.7 Å². The molecule has 1 aromatic heterocycles. The lowest BCUT2D eigenvalue weighted by Gasteiger charge is -2.16. The summed E-state index contributed by atoms with van der Waals surface area (Å²) in [6.45, 7) is 8.77. The molecule has 1 atom stereocenters. The van der Waals surface area contributed by atoms with Crippen LogP contribution < -0.4 is 10.1 Å². The van der Waals surface area contributed by atoms with Crippen LogP contribution in [0.3, 0.4) is 0 Å². The minimum Gasteiger partial charge on any atom is -0.494 e. The average Bonchev–Trinajstić information content (AvgIpc) is 2.98. The summed E-state index contributed by atoms with van der Waals surface area (Å²) in [7, 11) is 0. The van der Waals surface area contributed by atoms with Gasteiger partial charge < -0.3 is 10.1 Å². The number of aromatic nitrogens is 1. The number of carbonyl (C=O) groups excluding carboxylic acids is 1. The van der Waals surface area contributed by atoms with E-state index < -0.39 is 0 Å². The lowest BCUT2D eigenvalue weighted by molar-refractivity contribution is 0.0926.